The van der Waals surface area contributed by atoms with Crippen molar-refractivity contribution in [3.8, 4) is 11.3 Å². The van der Waals surface area contributed by atoms with Crippen molar-refractivity contribution in [2.24, 2.45) is 0 Å². The highest BCUT2D eigenvalue weighted by Gasteiger charge is 2.13. The number of thioether (sulfide) groups is 1. The summed E-state index contributed by atoms with van der Waals surface area (Å²) >= 11 is 10.6. The maximum atomic E-state index is 12.4. The second-order valence-electron chi connectivity index (χ2n) is 5.70. The Balaban J connectivity index is 1.56. The van der Waals surface area contributed by atoms with Crippen LogP contribution in [0.4, 0.5) is 0 Å². The summed E-state index contributed by atoms with van der Waals surface area (Å²) in [5.74, 6) is 0.240. The summed E-state index contributed by atoms with van der Waals surface area (Å²) in [6.07, 6.45) is 0. The van der Waals surface area contributed by atoms with E-state index in [1.165, 1.54) is 11.8 Å². The van der Waals surface area contributed by atoms with E-state index >= 15 is 0 Å². The molecule has 8 heteroatoms. The average molecular weight is 460 g/mol. The Morgan fingerprint density at radius 3 is 2.48 bits per heavy atom. The lowest BCUT2D eigenvalue weighted by atomic mass is 10.1. The van der Waals surface area contributed by atoms with E-state index in [1.54, 1.807) is 28.8 Å². The molecule has 2 aromatic heterocycles. The Kier molecular flexibility index (Phi) is 5.24. The molecule has 27 heavy (non-hydrogen) atoms. The fourth-order valence-electron chi connectivity index (χ4n) is 2.48. The van der Waals surface area contributed by atoms with Crippen molar-refractivity contribution in [3.05, 3.63) is 75.7 Å². The van der Waals surface area contributed by atoms with Crippen LogP contribution in [0.5, 0.6) is 0 Å². The number of rotatable bonds is 5. The average Bonchev–Trinajstić information content (AvgIpc) is 3.09. The molecule has 0 aliphatic rings. The van der Waals surface area contributed by atoms with E-state index in [1.807, 2.05) is 36.4 Å². The summed E-state index contributed by atoms with van der Waals surface area (Å²) in [7, 11) is 0. The molecule has 0 fully saturated rings. The molecule has 0 atom stereocenters. The molecule has 134 valence electrons. The van der Waals surface area contributed by atoms with Gasteiger partial charge in [0.1, 0.15) is 0 Å². The molecule has 0 saturated carbocycles. The van der Waals surface area contributed by atoms with Crippen molar-refractivity contribution < 1.29 is 4.79 Å². The minimum absolute atomic E-state index is 0.00233. The first-order chi connectivity index (χ1) is 13.1. The SMILES string of the molecule is O=C(CSc1nnc2ccc(-c3ccc(Br)cc3)nn12)c1ccc(Cl)cc1. The van der Waals surface area contributed by atoms with Crippen LogP contribution in [0.3, 0.4) is 0 Å². The quantitative estimate of drug-likeness (QED) is 0.304. The maximum Gasteiger partial charge on any atom is 0.212 e. The van der Waals surface area contributed by atoms with Crippen molar-refractivity contribution in [1.29, 1.82) is 0 Å². The predicted octanol–water partition coefficient (Wildman–Crippen LogP) is 5.18. The number of fused-ring (bicyclic) bond motifs is 1. The zero-order valence-corrected chi connectivity index (χ0v) is 17.0. The molecular formula is C19H12BrClN4OS. The number of carbonyl (C=O) groups is 1. The summed E-state index contributed by atoms with van der Waals surface area (Å²) in [5, 5.41) is 14.1. The van der Waals surface area contributed by atoms with Crippen molar-refractivity contribution in [2.75, 3.05) is 5.75 Å². The van der Waals surface area contributed by atoms with Crippen molar-refractivity contribution in [1.82, 2.24) is 19.8 Å². The standard InChI is InChI=1S/C19H12BrClN4OS/c20-14-5-1-12(2-6-14)16-9-10-18-22-23-19(25(18)24-16)27-11-17(26)13-3-7-15(21)8-4-13/h1-10H,11H2. The van der Waals surface area contributed by atoms with Crippen LogP contribution >= 0.6 is 39.3 Å². The van der Waals surface area contributed by atoms with Gasteiger partial charge in [-0.2, -0.15) is 9.61 Å². The number of hydrogen-bond acceptors (Lipinski definition) is 5. The predicted molar refractivity (Wildman–Crippen MR) is 110 cm³/mol. The number of nitrogens with zero attached hydrogens (tertiary/aromatic N) is 4. The molecule has 0 aliphatic carbocycles. The number of ketones is 1. The molecule has 0 spiro atoms. The molecule has 0 bridgehead atoms. The minimum atomic E-state index is -0.00233. The summed E-state index contributed by atoms with van der Waals surface area (Å²) in [5.41, 5.74) is 3.05. The van der Waals surface area contributed by atoms with Gasteiger partial charge in [-0.3, -0.25) is 4.79 Å². The number of aromatic nitrogens is 4. The fourth-order valence-corrected chi connectivity index (χ4v) is 3.66. The van der Waals surface area contributed by atoms with Crippen LogP contribution in [0.15, 0.2) is 70.3 Å². The van der Waals surface area contributed by atoms with Crippen LogP contribution in [0.1, 0.15) is 10.4 Å². The Morgan fingerprint density at radius 2 is 1.74 bits per heavy atom. The van der Waals surface area contributed by atoms with Gasteiger partial charge in [-0.15, -0.1) is 10.2 Å². The molecule has 4 rings (SSSR count). The Hall–Kier alpha value is -2.22. The highest BCUT2D eigenvalue weighted by Crippen LogP contribution is 2.23. The molecule has 0 unspecified atom stereocenters. The maximum absolute atomic E-state index is 12.4. The summed E-state index contributed by atoms with van der Waals surface area (Å²) < 4.78 is 2.67. The third-order valence-corrected chi connectivity index (χ3v) is 5.57. The van der Waals surface area contributed by atoms with Crippen LogP contribution in [0, 0.1) is 0 Å². The monoisotopic (exact) mass is 458 g/mol. The van der Waals surface area contributed by atoms with Gasteiger partial charge in [0, 0.05) is 20.6 Å². The number of Topliss-reactive ketones (excluding diaryl/α,β-unsaturated/α-hetero) is 1. The first-order valence-corrected chi connectivity index (χ1v) is 10.2. The number of hydrogen-bond donors (Lipinski definition) is 0. The third-order valence-electron chi connectivity index (χ3n) is 3.87. The number of benzene rings is 2. The van der Waals surface area contributed by atoms with Crippen molar-refractivity contribution in [3.63, 3.8) is 0 Å². The Bertz CT molecular complexity index is 1110. The van der Waals surface area contributed by atoms with Crippen molar-refractivity contribution >= 4 is 50.7 Å². The molecule has 4 aromatic rings. The topological polar surface area (TPSA) is 60.2 Å². The molecule has 0 radical (unpaired) electrons. The van der Waals surface area contributed by atoms with Gasteiger partial charge in [0.2, 0.25) is 5.16 Å². The first kappa shape index (κ1) is 18.2. The van der Waals surface area contributed by atoms with Crippen LogP contribution < -0.4 is 0 Å². The van der Waals surface area contributed by atoms with Crippen molar-refractivity contribution in [2.45, 2.75) is 5.16 Å². The molecule has 0 amide bonds. The lowest BCUT2D eigenvalue weighted by Gasteiger charge is -2.04. The smallest absolute Gasteiger partial charge is 0.212 e. The first-order valence-electron chi connectivity index (χ1n) is 8.00. The van der Waals surface area contributed by atoms with Crippen LogP contribution in [-0.4, -0.2) is 31.3 Å². The van der Waals surface area contributed by atoms with Crippen LogP contribution in [0.2, 0.25) is 5.02 Å². The molecule has 5 nitrogen and oxygen atoms in total. The van der Waals surface area contributed by atoms with Gasteiger partial charge < -0.3 is 0 Å². The van der Waals surface area contributed by atoms with E-state index < -0.39 is 0 Å². The summed E-state index contributed by atoms with van der Waals surface area (Å²) in [6, 6.07) is 18.5. The minimum Gasteiger partial charge on any atom is -0.293 e. The molecular weight excluding hydrogens is 448 g/mol. The Labute approximate surface area is 172 Å². The van der Waals surface area contributed by atoms with Crippen LogP contribution in [-0.2, 0) is 0 Å². The highest BCUT2D eigenvalue weighted by molar-refractivity contribution is 9.10. The zero-order valence-electron chi connectivity index (χ0n) is 13.8. The molecule has 0 aliphatic heterocycles. The normalized spacial score (nSPS) is 11.0. The number of carbonyl (C=O) groups excluding carboxylic acids is 1. The lowest BCUT2D eigenvalue weighted by molar-refractivity contribution is 0.102. The number of halogens is 2. The second-order valence-corrected chi connectivity index (χ2v) is 7.99. The molecule has 0 N–H and O–H groups in total. The van der Waals surface area contributed by atoms with Gasteiger partial charge in [0.05, 0.1) is 11.4 Å². The van der Waals surface area contributed by atoms with E-state index in [0.717, 1.165) is 15.7 Å². The zero-order chi connectivity index (χ0) is 18.8. The van der Waals surface area contributed by atoms with E-state index in [4.69, 9.17) is 11.6 Å². The van der Waals surface area contributed by atoms with E-state index in [0.29, 0.717) is 21.4 Å². The highest BCUT2D eigenvalue weighted by atomic mass is 79.9. The third kappa shape index (κ3) is 4.05. The van der Waals surface area contributed by atoms with Crippen LogP contribution in [0.25, 0.3) is 16.9 Å². The van der Waals surface area contributed by atoms with Gasteiger partial charge in [-0.05, 0) is 48.5 Å². The molecule has 2 aromatic carbocycles. The second kappa shape index (κ2) is 7.80. The van der Waals surface area contributed by atoms with E-state index in [2.05, 4.69) is 31.2 Å². The largest absolute Gasteiger partial charge is 0.293 e. The van der Waals surface area contributed by atoms with Gasteiger partial charge >= 0.3 is 0 Å². The van der Waals surface area contributed by atoms with E-state index in [-0.39, 0.29) is 11.5 Å². The summed E-state index contributed by atoms with van der Waals surface area (Å²) in [4.78, 5) is 12.4. The van der Waals surface area contributed by atoms with Gasteiger partial charge in [0.25, 0.3) is 0 Å². The van der Waals surface area contributed by atoms with Gasteiger partial charge in [0.15, 0.2) is 11.4 Å². The molecule has 2 heterocycles. The Morgan fingerprint density at radius 1 is 1.00 bits per heavy atom. The lowest BCUT2D eigenvalue weighted by Crippen LogP contribution is -2.03. The van der Waals surface area contributed by atoms with Gasteiger partial charge in [-0.1, -0.05) is 51.4 Å². The molecule has 0 saturated heterocycles. The summed E-state index contributed by atoms with van der Waals surface area (Å²) in [6.45, 7) is 0. The van der Waals surface area contributed by atoms with Gasteiger partial charge in [-0.25, -0.2) is 0 Å². The fraction of sp³-hybridized carbons (Fsp3) is 0.0526. The van der Waals surface area contributed by atoms with E-state index in [9.17, 15) is 4.79 Å².